The van der Waals surface area contributed by atoms with Gasteiger partial charge in [-0.3, -0.25) is 0 Å². The molecule has 94 valence electrons. The molecule has 2 N–H and O–H groups in total. The zero-order valence-corrected chi connectivity index (χ0v) is 11.1. The predicted octanol–water partition coefficient (Wildman–Crippen LogP) is 2.77. The van der Waals surface area contributed by atoms with Crippen LogP contribution in [0.25, 0.3) is 0 Å². The lowest BCUT2D eigenvalue weighted by Gasteiger charge is -2.32. The molecule has 1 saturated heterocycles. The second kappa shape index (κ2) is 4.66. The number of hydrogen-bond donors (Lipinski definition) is 1. The SMILES string of the molecule is CCC1(CC)CCN(CC2(N)CCCC2)C1. The monoisotopic (exact) mass is 224 g/mol. The van der Waals surface area contributed by atoms with E-state index in [1.54, 1.807) is 0 Å². The zero-order chi connectivity index (χ0) is 11.6. The predicted molar refractivity (Wildman–Crippen MR) is 69.5 cm³/mol. The van der Waals surface area contributed by atoms with Crippen LogP contribution in [0.15, 0.2) is 0 Å². The Morgan fingerprint density at radius 2 is 1.69 bits per heavy atom. The van der Waals surface area contributed by atoms with Crippen LogP contribution in [0.2, 0.25) is 0 Å². The Bertz CT molecular complexity index is 227. The summed E-state index contributed by atoms with van der Waals surface area (Å²) in [6, 6.07) is 0. The van der Waals surface area contributed by atoms with Gasteiger partial charge in [-0.25, -0.2) is 0 Å². The average molecular weight is 224 g/mol. The molecule has 0 unspecified atom stereocenters. The molecule has 0 aromatic heterocycles. The third-order valence-electron chi connectivity index (χ3n) is 5.16. The maximum absolute atomic E-state index is 6.47. The van der Waals surface area contributed by atoms with Crippen molar-refractivity contribution in [3.63, 3.8) is 0 Å². The van der Waals surface area contributed by atoms with Crippen LogP contribution < -0.4 is 5.73 Å². The van der Waals surface area contributed by atoms with Gasteiger partial charge in [0.15, 0.2) is 0 Å². The maximum atomic E-state index is 6.47. The summed E-state index contributed by atoms with van der Waals surface area (Å²) in [6.45, 7) is 8.41. The Morgan fingerprint density at radius 1 is 1.06 bits per heavy atom. The quantitative estimate of drug-likeness (QED) is 0.795. The molecule has 2 fully saturated rings. The smallest absolute Gasteiger partial charge is 0.0283 e. The van der Waals surface area contributed by atoms with Crippen molar-refractivity contribution in [1.29, 1.82) is 0 Å². The lowest BCUT2D eigenvalue weighted by molar-refractivity contribution is 0.204. The standard InChI is InChI=1S/C14H28N2/c1-3-13(4-2)9-10-16(11-13)12-14(15)7-5-6-8-14/h3-12,15H2,1-2H3. The Balaban J connectivity index is 1.89. The summed E-state index contributed by atoms with van der Waals surface area (Å²) in [5.41, 5.74) is 7.23. The highest BCUT2D eigenvalue weighted by Crippen LogP contribution is 2.38. The van der Waals surface area contributed by atoms with E-state index >= 15 is 0 Å². The van der Waals surface area contributed by atoms with E-state index in [-0.39, 0.29) is 5.54 Å². The number of likely N-dealkylation sites (tertiary alicyclic amines) is 1. The molecule has 1 aliphatic heterocycles. The normalized spacial score (nSPS) is 28.7. The maximum Gasteiger partial charge on any atom is 0.0283 e. The van der Waals surface area contributed by atoms with Crippen LogP contribution in [-0.2, 0) is 0 Å². The van der Waals surface area contributed by atoms with Crippen LogP contribution in [0, 0.1) is 5.41 Å². The van der Waals surface area contributed by atoms with Crippen molar-refractivity contribution in [3.05, 3.63) is 0 Å². The summed E-state index contributed by atoms with van der Waals surface area (Å²) < 4.78 is 0. The van der Waals surface area contributed by atoms with Crippen molar-refractivity contribution in [1.82, 2.24) is 4.90 Å². The Morgan fingerprint density at radius 3 is 2.19 bits per heavy atom. The number of rotatable bonds is 4. The van der Waals surface area contributed by atoms with Gasteiger partial charge in [0.25, 0.3) is 0 Å². The summed E-state index contributed by atoms with van der Waals surface area (Å²) in [5.74, 6) is 0. The summed E-state index contributed by atoms with van der Waals surface area (Å²) in [5, 5.41) is 0. The van der Waals surface area contributed by atoms with E-state index in [0.29, 0.717) is 5.41 Å². The van der Waals surface area contributed by atoms with Crippen LogP contribution in [0.1, 0.15) is 58.8 Å². The first-order valence-electron chi connectivity index (χ1n) is 7.13. The molecule has 0 bridgehead atoms. The van der Waals surface area contributed by atoms with Crippen molar-refractivity contribution < 1.29 is 0 Å². The van der Waals surface area contributed by atoms with Gasteiger partial charge in [0, 0.05) is 18.6 Å². The van der Waals surface area contributed by atoms with Crippen LogP contribution in [-0.4, -0.2) is 30.1 Å². The molecule has 2 aliphatic rings. The van der Waals surface area contributed by atoms with Gasteiger partial charge in [0.05, 0.1) is 0 Å². The largest absolute Gasteiger partial charge is 0.324 e. The molecule has 1 heterocycles. The highest BCUT2D eigenvalue weighted by molar-refractivity contribution is 4.96. The molecule has 16 heavy (non-hydrogen) atoms. The molecular formula is C14H28N2. The second-order valence-corrected chi connectivity index (χ2v) is 6.24. The fourth-order valence-electron chi connectivity index (χ4n) is 3.67. The van der Waals surface area contributed by atoms with Crippen LogP contribution in [0.3, 0.4) is 0 Å². The third-order valence-corrected chi connectivity index (χ3v) is 5.16. The highest BCUT2D eigenvalue weighted by Gasteiger charge is 2.39. The number of hydrogen-bond acceptors (Lipinski definition) is 2. The summed E-state index contributed by atoms with van der Waals surface area (Å²) in [7, 11) is 0. The van der Waals surface area contributed by atoms with Gasteiger partial charge in [-0.1, -0.05) is 26.7 Å². The molecular weight excluding hydrogens is 196 g/mol. The summed E-state index contributed by atoms with van der Waals surface area (Å²) in [4.78, 5) is 2.64. The molecule has 0 spiro atoms. The topological polar surface area (TPSA) is 29.3 Å². The van der Waals surface area contributed by atoms with E-state index in [1.165, 1.54) is 58.0 Å². The molecule has 2 nitrogen and oxygen atoms in total. The van der Waals surface area contributed by atoms with Gasteiger partial charge < -0.3 is 10.6 Å². The Kier molecular flexibility index (Phi) is 3.60. The van der Waals surface area contributed by atoms with Gasteiger partial charge in [-0.05, 0) is 44.1 Å². The zero-order valence-electron chi connectivity index (χ0n) is 11.1. The Labute approximate surface area is 101 Å². The molecule has 1 aliphatic carbocycles. The third kappa shape index (κ3) is 2.43. The molecule has 0 radical (unpaired) electrons. The van der Waals surface area contributed by atoms with Crippen molar-refractivity contribution >= 4 is 0 Å². The highest BCUT2D eigenvalue weighted by atomic mass is 15.2. The van der Waals surface area contributed by atoms with Gasteiger partial charge in [0.1, 0.15) is 0 Å². The van der Waals surface area contributed by atoms with Gasteiger partial charge in [0.2, 0.25) is 0 Å². The molecule has 0 aromatic carbocycles. The van der Waals surface area contributed by atoms with E-state index in [4.69, 9.17) is 5.73 Å². The van der Waals surface area contributed by atoms with E-state index in [1.807, 2.05) is 0 Å². The van der Waals surface area contributed by atoms with E-state index in [2.05, 4.69) is 18.7 Å². The first kappa shape index (κ1) is 12.4. The molecule has 1 saturated carbocycles. The van der Waals surface area contributed by atoms with E-state index < -0.39 is 0 Å². The van der Waals surface area contributed by atoms with Crippen molar-refractivity contribution in [2.24, 2.45) is 11.1 Å². The van der Waals surface area contributed by atoms with Gasteiger partial charge in [-0.15, -0.1) is 0 Å². The minimum absolute atomic E-state index is 0.150. The summed E-state index contributed by atoms with van der Waals surface area (Å²) in [6.07, 6.45) is 9.22. The van der Waals surface area contributed by atoms with Crippen molar-refractivity contribution in [2.45, 2.75) is 64.3 Å². The molecule has 2 heteroatoms. The van der Waals surface area contributed by atoms with Crippen molar-refractivity contribution in [2.75, 3.05) is 19.6 Å². The number of nitrogens with zero attached hydrogens (tertiary/aromatic N) is 1. The van der Waals surface area contributed by atoms with Crippen LogP contribution in [0.5, 0.6) is 0 Å². The first-order valence-corrected chi connectivity index (χ1v) is 7.13. The lowest BCUT2D eigenvalue weighted by atomic mass is 9.82. The Hall–Kier alpha value is -0.0800. The fraction of sp³-hybridized carbons (Fsp3) is 1.00. The fourth-order valence-corrected chi connectivity index (χ4v) is 3.67. The lowest BCUT2D eigenvalue weighted by Crippen LogP contribution is -2.47. The minimum atomic E-state index is 0.150. The molecule has 2 rings (SSSR count). The van der Waals surface area contributed by atoms with E-state index in [0.717, 1.165) is 6.54 Å². The van der Waals surface area contributed by atoms with Crippen molar-refractivity contribution in [3.8, 4) is 0 Å². The summed E-state index contributed by atoms with van der Waals surface area (Å²) >= 11 is 0. The van der Waals surface area contributed by atoms with Crippen LogP contribution >= 0.6 is 0 Å². The van der Waals surface area contributed by atoms with E-state index in [9.17, 15) is 0 Å². The number of nitrogens with two attached hydrogens (primary N) is 1. The molecule has 0 atom stereocenters. The van der Waals surface area contributed by atoms with Gasteiger partial charge in [-0.2, -0.15) is 0 Å². The van der Waals surface area contributed by atoms with Gasteiger partial charge >= 0.3 is 0 Å². The first-order chi connectivity index (χ1) is 7.61. The minimum Gasteiger partial charge on any atom is -0.324 e. The average Bonchev–Trinajstić information content (AvgIpc) is 2.87. The van der Waals surface area contributed by atoms with Crippen LogP contribution in [0.4, 0.5) is 0 Å². The molecule has 0 amide bonds. The second-order valence-electron chi connectivity index (χ2n) is 6.24. The molecule has 0 aromatic rings.